The van der Waals surface area contributed by atoms with Gasteiger partial charge in [0.15, 0.2) is 6.10 Å². The molecular weight excluding hydrogens is 373 g/mol. The van der Waals surface area contributed by atoms with Crippen molar-refractivity contribution in [3.63, 3.8) is 0 Å². The molecule has 9 heteroatoms. The first-order valence-corrected chi connectivity index (χ1v) is 7.70. The maximum atomic E-state index is 12.9. The van der Waals surface area contributed by atoms with E-state index in [4.69, 9.17) is 22.1 Å². The Morgan fingerprint density at radius 1 is 1.19 bits per heavy atom. The van der Waals surface area contributed by atoms with Crippen LogP contribution in [-0.2, 0) is 15.7 Å². The molecule has 26 heavy (non-hydrogen) atoms. The number of esters is 1. The fourth-order valence-corrected chi connectivity index (χ4v) is 2.25. The number of carbonyl (C=O) groups excluding carboxylic acids is 2. The summed E-state index contributed by atoms with van der Waals surface area (Å²) in [6.45, 7) is 1.23. The molecule has 0 spiro atoms. The van der Waals surface area contributed by atoms with Crippen LogP contribution in [0.4, 0.5) is 24.5 Å². The van der Waals surface area contributed by atoms with Gasteiger partial charge in [-0.25, -0.2) is 4.79 Å². The lowest BCUT2D eigenvalue weighted by molar-refractivity contribution is -0.137. The molecule has 0 saturated heterocycles. The van der Waals surface area contributed by atoms with Crippen molar-refractivity contribution in [2.75, 3.05) is 11.1 Å². The minimum absolute atomic E-state index is 0.00950. The van der Waals surface area contributed by atoms with E-state index < -0.39 is 35.4 Å². The fraction of sp³-hybridized carbons (Fsp3) is 0.176. The maximum Gasteiger partial charge on any atom is 0.418 e. The summed E-state index contributed by atoms with van der Waals surface area (Å²) in [6, 6.07) is 8.55. The molecule has 5 nitrogen and oxygen atoms in total. The molecule has 0 aromatic heterocycles. The van der Waals surface area contributed by atoms with Gasteiger partial charge in [0, 0.05) is 10.7 Å². The van der Waals surface area contributed by atoms with Gasteiger partial charge in [-0.1, -0.05) is 23.7 Å². The molecule has 0 aliphatic heterocycles. The number of para-hydroxylation sites is 1. The van der Waals surface area contributed by atoms with Gasteiger partial charge in [0.25, 0.3) is 5.91 Å². The molecule has 0 bridgehead atoms. The lowest BCUT2D eigenvalue weighted by atomic mass is 10.1. The largest absolute Gasteiger partial charge is 0.449 e. The standard InChI is InChI=1S/C17H14ClF3N2O3/c1-9(26-16(25)11-7-6-10(18)8-13(11)22)15(24)23-14-5-3-2-4-12(14)17(19,20)21/h2-9H,22H2,1H3,(H,23,24)/t9-/m0/s1. The third kappa shape index (κ3) is 4.66. The number of hydrogen-bond donors (Lipinski definition) is 2. The number of ether oxygens (including phenoxy) is 1. The van der Waals surface area contributed by atoms with Gasteiger partial charge in [-0.3, -0.25) is 4.79 Å². The SMILES string of the molecule is C[C@H](OC(=O)c1ccc(Cl)cc1N)C(=O)Nc1ccccc1C(F)(F)F. The minimum atomic E-state index is -4.64. The van der Waals surface area contributed by atoms with E-state index >= 15 is 0 Å². The molecule has 0 aliphatic carbocycles. The van der Waals surface area contributed by atoms with Crippen LogP contribution in [0.1, 0.15) is 22.8 Å². The van der Waals surface area contributed by atoms with Gasteiger partial charge in [0.2, 0.25) is 0 Å². The number of halogens is 4. The molecule has 3 N–H and O–H groups in total. The number of nitrogens with two attached hydrogens (primary N) is 1. The molecule has 1 amide bonds. The predicted molar refractivity (Wildman–Crippen MR) is 90.8 cm³/mol. The summed E-state index contributed by atoms with van der Waals surface area (Å²) in [5.74, 6) is -1.81. The Morgan fingerprint density at radius 3 is 2.46 bits per heavy atom. The molecule has 0 saturated carbocycles. The molecule has 1 atom stereocenters. The van der Waals surface area contributed by atoms with Crippen molar-refractivity contribution in [3.05, 3.63) is 58.6 Å². The van der Waals surface area contributed by atoms with E-state index in [1.54, 1.807) is 0 Å². The van der Waals surface area contributed by atoms with Crippen LogP contribution < -0.4 is 11.1 Å². The summed E-state index contributed by atoms with van der Waals surface area (Å²) in [5.41, 5.74) is 4.26. The Labute approximate surface area is 151 Å². The Morgan fingerprint density at radius 2 is 1.85 bits per heavy atom. The summed E-state index contributed by atoms with van der Waals surface area (Å²) in [6.07, 6.45) is -5.99. The summed E-state index contributed by atoms with van der Waals surface area (Å²) >= 11 is 5.73. The molecule has 0 fully saturated rings. The molecule has 0 unspecified atom stereocenters. The number of amides is 1. The fourth-order valence-electron chi connectivity index (χ4n) is 2.07. The number of rotatable bonds is 4. The number of nitrogen functional groups attached to an aromatic ring is 1. The highest BCUT2D eigenvalue weighted by Gasteiger charge is 2.34. The van der Waals surface area contributed by atoms with E-state index in [-0.39, 0.29) is 11.3 Å². The zero-order valence-corrected chi connectivity index (χ0v) is 14.2. The molecule has 138 valence electrons. The van der Waals surface area contributed by atoms with E-state index in [1.807, 2.05) is 0 Å². The predicted octanol–water partition coefficient (Wildman–Crippen LogP) is 4.13. The number of alkyl halides is 3. The zero-order chi connectivity index (χ0) is 19.5. The van der Waals surface area contributed by atoms with Gasteiger partial charge in [-0.2, -0.15) is 13.2 Å². The smallest absolute Gasteiger partial charge is 0.418 e. The highest BCUT2D eigenvalue weighted by Crippen LogP contribution is 2.34. The van der Waals surface area contributed by atoms with Crippen LogP contribution in [0.3, 0.4) is 0 Å². The quantitative estimate of drug-likeness (QED) is 0.611. The lowest BCUT2D eigenvalue weighted by Gasteiger charge is -2.17. The highest BCUT2D eigenvalue weighted by molar-refractivity contribution is 6.31. The average Bonchev–Trinajstić information content (AvgIpc) is 2.54. The van der Waals surface area contributed by atoms with Crippen molar-refractivity contribution in [2.45, 2.75) is 19.2 Å². The normalized spacial score (nSPS) is 12.3. The number of anilines is 2. The first-order chi connectivity index (χ1) is 12.1. The van der Waals surface area contributed by atoms with Crippen molar-refractivity contribution in [3.8, 4) is 0 Å². The summed E-state index contributed by atoms with van der Waals surface area (Å²) < 4.78 is 43.8. The van der Waals surface area contributed by atoms with E-state index in [2.05, 4.69) is 5.32 Å². The molecular formula is C17H14ClF3N2O3. The van der Waals surface area contributed by atoms with Gasteiger partial charge in [-0.15, -0.1) is 0 Å². The second kappa shape index (κ2) is 7.65. The lowest BCUT2D eigenvalue weighted by Crippen LogP contribution is -2.31. The molecule has 0 aliphatic rings. The summed E-state index contributed by atoms with van der Waals surface area (Å²) in [5, 5.41) is 2.42. The third-order valence-electron chi connectivity index (χ3n) is 3.38. The number of carbonyl (C=O) groups is 2. The van der Waals surface area contributed by atoms with E-state index in [0.29, 0.717) is 5.02 Å². The first-order valence-electron chi connectivity index (χ1n) is 7.32. The Bertz CT molecular complexity index is 840. The Hall–Kier alpha value is -2.74. The third-order valence-corrected chi connectivity index (χ3v) is 3.61. The van der Waals surface area contributed by atoms with E-state index in [0.717, 1.165) is 12.1 Å². The van der Waals surface area contributed by atoms with E-state index in [9.17, 15) is 22.8 Å². The molecule has 2 aromatic rings. The molecule has 2 aromatic carbocycles. The average molecular weight is 387 g/mol. The van der Waals surface area contributed by atoms with Crippen molar-refractivity contribution in [2.24, 2.45) is 0 Å². The second-order valence-electron chi connectivity index (χ2n) is 5.31. The first kappa shape index (κ1) is 19.6. The van der Waals surface area contributed by atoms with Crippen molar-refractivity contribution >= 4 is 34.9 Å². The van der Waals surface area contributed by atoms with Gasteiger partial charge < -0.3 is 15.8 Å². The van der Waals surface area contributed by atoms with Crippen LogP contribution >= 0.6 is 11.6 Å². The van der Waals surface area contributed by atoms with Gasteiger partial charge >= 0.3 is 12.1 Å². The summed E-state index contributed by atoms with van der Waals surface area (Å²) in [7, 11) is 0. The monoisotopic (exact) mass is 386 g/mol. The molecule has 0 heterocycles. The number of benzene rings is 2. The van der Waals surface area contributed by atoms with E-state index in [1.165, 1.54) is 37.3 Å². The van der Waals surface area contributed by atoms with Crippen molar-refractivity contribution < 1.29 is 27.5 Å². The van der Waals surface area contributed by atoms with Crippen LogP contribution in [0.25, 0.3) is 0 Å². The maximum absolute atomic E-state index is 12.9. The number of nitrogens with one attached hydrogen (secondary N) is 1. The van der Waals surface area contributed by atoms with Crippen LogP contribution in [0.15, 0.2) is 42.5 Å². The van der Waals surface area contributed by atoms with Gasteiger partial charge in [-0.05, 0) is 37.3 Å². The van der Waals surface area contributed by atoms with Crippen LogP contribution in [0.2, 0.25) is 5.02 Å². The highest BCUT2D eigenvalue weighted by atomic mass is 35.5. The van der Waals surface area contributed by atoms with Crippen molar-refractivity contribution in [1.29, 1.82) is 0 Å². The van der Waals surface area contributed by atoms with Crippen LogP contribution in [0, 0.1) is 0 Å². The minimum Gasteiger partial charge on any atom is -0.449 e. The second-order valence-corrected chi connectivity index (χ2v) is 5.75. The molecule has 2 rings (SSSR count). The van der Waals surface area contributed by atoms with Crippen molar-refractivity contribution in [1.82, 2.24) is 0 Å². The van der Waals surface area contributed by atoms with Crippen LogP contribution in [0.5, 0.6) is 0 Å². The number of hydrogen-bond acceptors (Lipinski definition) is 4. The summed E-state index contributed by atoms with van der Waals surface area (Å²) in [4.78, 5) is 24.2. The van der Waals surface area contributed by atoms with Gasteiger partial charge in [0.05, 0.1) is 16.8 Å². The molecule has 0 radical (unpaired) electrons. The zero-order valence-electron chi connectivity index (χ0n) is 13.4. The topological polar surface area (TPSA) is 81.4 Å². The van der Waals surface area contributed by atoms with Crippen LogP contribution in [-0.4, -0.2) is 18.0 Å². The Kier molecular flexibility index (Phi) is 5.76. The van der Waals surface area contributed by atoms with Gasteiger partial charge in [0.1, 0.15) is 0 Å². The Balaban J connectivity index is 2.10.